The summed E-state index contributed by atoms with van der Waals surface area (Å²) in [5.41, 5.74) is 1.46. The molecule has 0 N–H and O–H groups in total. The van der Waals surface area contributed by atoms with E-state index in [1.165, 1.54) is 18.6 Å². The van der Waals surface area contributed by atoms with E-state index >= 15 is 0 Å². The topological polar surface area (TPSA) is 12.4 Å². The van der Waals surface area contributed by atoms with Crippen molar-refractivity contribution in [1.82, 2.24) is 0 Å². The zero-order chi connectivity index (χ0) is 4.41. The van der Waals surface area contributed by atoms with Gasteiger partial charge in [0.1, 0.15) is 0 Å². The Morgan fingerprint density at radius 1 is 1.67 bits per heavy atom. The van der Waals surface area contributed by atoms with Gasteiger partial charge in [-0.25, -0.2) is 0 Å². The Morgan fingerprint density at radius 2 is 2.33 bits per heavy atom. The number of halogens is 1. The van der Waals surface area contributed by atoms with Gasteiger partial charge in [0.05, 0.1) is 0 Å². The standard InChI is InChI=1S/C4H7IN/c1-5-6-4-2-3-4/h2-3H2,1H3/q-1. The van der Waals surface area contributed by atoms with Crippen molar-refractivity contribution in [3.63, 3.8) is 0 Å². The van der Waals surface area contributed by atoms with Crippen LogP contribution in [0.15, 0.2) is 3.21 Å². The Hall–Kier alpha value is 0.400. The minimum absolute atomic E-state index is 0.218. The van der Waals surface area contributed by atoms with E-state index in [0.717, 1.165) is 0 Å². The zero-order valence-electron chi connectivity index (χ0n) is 3.74. The second-order valence-corrected chi connectivity index (χ2v) is 2.77. The minimum atomic E-state index is 0.218. The van der Waals surface area contributed by atoms with Crippen molar-refractivity contribution in [1.29, 1.82) is 0 Å². The van der Waals surface area contributed by atoms with Crippen LogP contribution in [0.25, 0.3) is 0 Å². The first kappa shape index (κ1) is 4.56. The van der Waals surface area contributed by atoms with Crippen molar-refractivity contribution in [2.24, 2.45) is 3.21 Å². The number of rotatable bonds is 1. The molecule has 0 bridgehead atoms. The second-order valence-electron chi connectivity index (χ2n) is 1.32. The van der Waals surface area contributed by atoms with Crippen LogP contribution in [0.2, 0.25) is 0 Å². The molecule has 0 aromatic rings. The average Bonchev–Trinajstić information content (AvgIpc) is 2.21. The van der Waals surface area contributed by atoms with Crippen molar-refractivity contribution < 1.29 is 21.5 Å². The third kappa shape index (κ3) is 1.24. The molecule has 0 unspecified atom stereocenters. The van der Waals surface area contributed by atoms with Gasteiger partial charge in [0.25, 0.3) is 0 Å². The van der Waals surface area contributed by atoms with Crippen LogP contribution < -0.4 is 21.5 Å². The zero-order valence-corrected chi connectivity index (χ0v) is 5.90. The predicted molar refractivity (Wildman–Crippen MR) is 22.6 cm³/mol. The molecule has 1 aliphatic carbocycles. The molecule has 0 aromatic carbocycles. The average molecular weight is 196 g/mol. The van der Waals surface area contributed by atoms with Gasteiger partial charge in [0.2, 0.25) is 0 Å². The SMILES string of the molecule is C[I-]N=C1CC1. The van der Waals surface area contributed by atoms with Crippen molar-refractivity contribution >= 4 is 5.71 Å². The van der Waals surface area contributed by atoms with Gasteiger partial charge in [-0.3, -0.25) is 0 Å². The summed E-state index contributed by atoms with van der Waals surface area (Å²) < 4.78 is 4.26. The van der Waals surface area contributed by atoms with Crippen LogP contribution in [0.4, 0.5) is 0 Å². The molecule has 2 heteroatoms. The van der Waals surface area contributed by atoms with E-state index in [4.69, 9.17) is 0 Å². The third-order valence-electron chi connectivity index (χ3n) is 0.678. The van der Waals surface area contributed by atoms with Gasteiger partial charge in [0, 0.05) is 0 Å². The molecular formula is C4H7IN-. The fourth-order valence-corrected chi connectivity index (χ4v) is 1.42. The molecule has 36 valence electrons. The van der Waals surface area contributed by atoms with Crippen LogP contribution in [0.5, 0.6) is 0 Å². The maximum atomic E-state index is 4.26. The molecule has 0 atom stereocenters. The molecule has 1 nitrogen and oxygen atoms in total. The summed E-state index contributed by atoms with van der Waals surface area (Å²) in [6.07, 6.45) is 2.60. The van der Waals surface area contributed by atoms with Crippen LogP contribution in [0, 0.1) is 0 Å². The van der Waals surface area contributed by atoms with E-state index in [1.807, 2.05) is 0 Å². The number of alkyl halides is 1. The molecule has 0 aliphatic heterocycles. The molecule has 1 rings (SSSR count). The van der Waals surface area contributed by atoms with E-state index in [-0.39, 0.29) is 21.5 Å². The molecule has 1 fully saturated rings. The summed E-state index contributed by atoms with van der Waals surface area (Å²) in [7, 11) is 0. The van der Waals surface area contributed by atoms with Gasteiger partial charge in [-0.15, -0.1) is 0 Å². The molecule has 1 aliphatic rings. The molecule has 6 heavy (non-hydrogen) atoms. The summed E-state index contributed by atoms with van der Waals surface area (Å²) in [6, 6.07) is 0. The summed E-state index contributed by atoms with van der Waals surface area (Å²) in [5.74, 6) is 0. The number of hydrogen-bond donors (Lipinski definition) is 0. The Labute approximate surface area is 48.5 Å². The molecular weight excluding hydrogens is 189 g/mol. The van der Waals surface area contributed by atoms with Gasteiger partial charge >= 0.3 is 48.2 Å². The monoisotopic (exact) mass is 196 g/mol. The molecule has 0 aromatic heterocycles. The van der Waals surface area contributed by atoms with Crippen molar-refractivity contribution in [3.8, 4) is 0 Å². The molecule has 0 radical (unpaired) electrons. The van der Waals surface area contributed by atoms with Crippen molar-refractivity contribution in [2.75, 3.05) is 4.93 Å². The van der Waals surface area contributed by atoms with E-state index in [0.29, 0.717) is 0 Å². The predicted octanol–water partition coefficient (Wildman–Crippen LogP) is -2.14. The van der Waals surface area contributed by atoms with Crippen molar-refractivity contribution in [3.05, 3.63) is 0 Å². The van der Waals surface area contributed by atoms with Crippen molar-refractivity contribution in [2.45, 2.75) is 12.8 Å². The molecule has 0 heterocycles. The van der Waals surface area contributed by atoms with Crippen LogP contribution in [0.3, 0.4) is 0 Å². The summed E-state index contributed by atoms with van der Waals surface area (Å²) in [6.45, 7) is 0. The Kier molecular flexibility index (Phi) is 1.45. The first-order valence-electron chi connectivity index (χ1n) is 1.98. The van der Waals surface area contributed by atoms with E-state index in [1.54, 1.807) is 0 Å². The van der Waals surface area contributed by atoms with Crippen LogP contribution in [0.1, 0.15) is 12.8 Å². The summed E-state index contributed by atoms with van der Waals surface area (Å²) in [4.78, 5) is 2.18. The van der Waals surface area contributed by atoms with Gasteiger partial charge in [-0.1, -0.05) is 0 Å². The molecule has 0 amide bonds. The number of hydrogen-bond acceptors (Lipinski definition) is 1. The fraction of sp³-hybridized carbons (Fsp3) is 0.750. The fourth-order valence-electron chi connectivity index (χ4n) is 0.260. The summed E-state index contributed by atoms with van der Waals surface area (Å²) >= 11 is 0.218. The van der Waals surface area contributed by atoms with Crippen LogP contribution in [-0.4, -0.2) is 10.6 Å². The quantitative estimate of drug-likeness (QED) is 0.335. The van der Waals surface area contributed by atoms with E-state index in [9.17, 15) is 0 Å². The third-order valence-corrected chi connectivity index (χ3v) is 1.84. The van der Waals surface area contributed by atoms with Gasteiger partial charge in [-0.05, 0) is 0 Å². The first-order chi connectivity index (χ1) is 2.93. The van der Waals surface area contributed by atoms with Gasteiger partial charge < -0.3 is 0 Å². The normalized spacial score (nSPS) is 18.5. The molecule has 1 saturated carbocycles. The van der Waals surface area contributed by atoms with Gasteiger partial charge in [0.15, 0.2) is 0 Å². The summed E-state index contributed by atoms with van der Waals surface area (Å²) in [5, 5.41) is 0. The second kappa shape index (κ2) is 1.91. The molecule has 0 spiro atoms. The first-order valence-corrected chi connectivity index (χ1v) is 5.10. The van der Waals surface area contributed by atoms with Crippen LogP contribution >= 0.6 is 0 Å². The number of nitrogens with zero attached hydrogens (tertiary/aromatic N) is 1. The molecule has 0 saturated heterocycles. The van der Waals surface area contributed by atoms with Crippen LogP contribution in [-0.2, 0) is 0 Å². The Bertz CT molecular complexity index is 71.6. The Morgan fingerprint density at radius 3 is 2.50 bits per heavy atom. The Balaban J connectivity index is 2.24. The maximum absolute atomic E-state index is 4.26. The van der Waals surface area contributed by atoms with Gasteiger partial charge in [-0.2, -0.15) is 0 Å². The van der Waals surface area contributed by atoms with E-state index in [2.05, 4.69) is 8.14 Å². The van der Waals surface area contributed by atoms with E-state index < -0.39 is 0 Å².